The van der Waals surface area contributed by atoms with Gasteiger partial charge in [0.2, 0.25) is 5.76 Å². The lowest BCUT2D eigenvalue weighted by Gasteiger charge is -2.28. The first-order valence-electron chi connectivity index (χ1n) is 7.52. The number of amides is 3. The fraction of sp³-hybridized carbons (Fsp3) is 0.583. The van der Waals surface area contributed by atoms with Crippen molar-refractivity contribution in [2.45, 2.75) is 24.9 Å². The Bertz CT molecular complexity index is 779. The molecule has 138 valence electrons. The van der Waals surface area contributed by atoms with Crippen LogP contribution in [0.2, 0.25) is 0 Å². The van der Waals surface area contributed by atoms with E-state index in [-0.39, 0.29) is 25.4 Å². The molecule has 25 heavy (non-hydrogen) atoms. The van der Waals surface area contributed by atoms with E-state index in [1.807, 2.05) is 0 Å². The molecule has 0 spiro atoms. The Morgan fingerprint density at radius 3 is 2.96 bits per heavy atom. The number of hydrogen-bond donors (Lipinski definition) is 3. The van der Waals surface area contributed by atoms with Crippen molar-refractivity contribution in [3.05, 3.63) is 17.5 Å². The third-order valence-electron chi connectivity index (χ3n) is 4.02. The first-order valence-corrected chi connectivity index (χ1v) is 8.88. The van der Waals surface area contributed by atoms with E-state index in [0.29, 0.717) is 23.6 Å². The summed E-state index contributed by atoms with van der Waals surface area (Å²) in [5, 5.41) is 7.01. The number of piperidine rings is 1. The summed E-state index contributed by atoms with van der Waals surface area (Å²) in [6.45, 7) is 0.774. The SMILES string of the molecule is NCCNC(=O)c1cc([C@@H]2CC[C@H]3CN2C(=O)N3OS(=O)(=O)O)no1. The Labute approximate surface area is 142 Å². The lowest BCUT2D eigenvalue weighted by Crippen LogP contribution is -2.35. The molecule has 0 aromatic carbocycles. The Balaban J connectivity index is 1.74. The Hall–Kier alpha value is -2.22. The quantitative estimate of drug-likeness (QED) is 0.530. The van der Waals surface area contributed by atoms with Gasteiger partial charge >= 0.3 is 16.4 Å². The predicted octanol–water partition coefficient (Wildman–Crippen LogP) is -0.961. The highest BCUT2D eigenvalue weighted by molar-refractivity contribution is 7.80. The average molecular weight is 375 g/mol. The summed E-state index contributed by atoms with van der Waals surface area (Å²) in [6, 6.07) is -0.262. The van der Waals surface area contributed by atoms with Gasteiger partial charge in [0.25, 0.3) is 5.91 Å². The average Bonchev–Trinajstić information content (AvgIpc) is 3.12. The maximum absolute atomic E-state index is 12.3. The molecule has 2 aliphatic heterocycles. The van der Waals surface area contributed by atoms with Crippen LogP contribution in [0.15, 0.2) is 10.6 Å². The van der Waals surface area contributed by atoms with Crippen LogP contribution in [0.4, 0.5) is 4.79 Å². The van der Waals surface area contributed by atoms with Gasteiger partial charge in [0.1, 0.15) is 5.69 Å². The molecule has 2 saturated heterocycles. The zero-order valence-electron chi connectivity index (χ0n) is 13.0. The van der Waals surface area contributed by atoms with E-state index in [2.05, 4.69) is 14.8 Å². The zero-order valence-corrected chi connectivity index (χ0v) is 13.8. The van der Waals surface area contributed by atoms with Crippen molar-refractivity contribution < 1.29 is 31.4 Å². The Morgan fingerprint density at radius 1 is 1.52 bits per heavy atom. The van der Waals surface area contributed by atoms with Crippen molar-refractivity contribution in [3.8, 4) is 0 Å². The number of urea groups is 1. The van der Waals surface area contributed by atoms with Gasteiger partial charge in [-0.15, -0.1) is 4.28 Å². The van der Waals surface area contributed by atoms with Gasteiger partial charge in [-0.25, -0.2) is 4.79 Å². The molecule has 4 N–H and O–H groups in total. The molecule has 2 atom stereocenters. The summed E-state index contributed by atoms with van der Waals surface area (Å²) in [7, 11) is -4.80. The second-order valence-electron chi connectivity index (χ2n) is 5.67. The monoisotopic (exact) mass is 375 g/mol. The second kappa shape index (κ2) is 6.59. The molecule has 1 aromatic rings. The number of nitrogens with two attached hydrogens (primary N) is 1. The number of carbonyl (C=O) groups is 2. The highest BCUT2D eigenvalue weighted by Crippen LogP contribution is 2.38. The summed E-state index contributed by atoms with van der Waals surface area (Å²) in [5.74, 6) is -0.481. The summed E-state index contributed by atoms with van der Waals surface area (Å²) < 4.78 is 39.9. The van der Waals surface area contributed by atoms with Gasteiger partial charge in [0, 0.05) is 25.7 Å². The molecular weight excluding hydrogens is 358 g/mol. The fourth-order valence-corrected chi connectivity index (χ4v) is 3.35. The van der Waals surface area contributed by atoms with Crippen LogP contribution in [0, 0.1) is 0 Å². The standard InChI is InChI=1S/C12H17N5O7S/c13-3-4-14-11(18)10-5-8(15-23-10)9-2-1-7-6-16(9)12(19)17(7)24-25(20,21)22/h5,7,9H,1-4,6,13H2,(H,14,18)(H,20,21,22)/t7-,9-/m0/s1. The maximum Gasteiger partial charge on any atom is 0.418 e. The highest BCUT2D eigenvalue weighted by Gasteiger charge is 2.48. The lowest BCUT2D eigenvalue weighted by atomic mass is 9.98. The van der Waals surface area contributed by atoms with Gasteiger partial charge in [-0.05, 0) is 12.8 Å². The molecule has 0 saturated carbocycles. The van der Waals surface area contributed by atoms with Crippen LogP contribution >= 0.6 is 0 Å². The van der Waals surface area contributed by atoms with Gasteiger partial charge < -0.3 is 20.5 Å². The van der Waals surface area contributed by atoms with Crippen LogP contribution < -0.4 is 11.1 Å². The third kappa shape index (κ3) is 3.58. The summed E-state index contributed by atoms with van der Waals surface area (Å²) in [6.07, 6.45) is 0.905. The molecule has 3 amide bonds. The van der Waals surface area contributed by atoms with Crippen LogP contribution in [0.5, 0.6) is 0 Å². The summed E-state index contributed by atoms with van der Waals surface area (Å²) in [5.41, 5.74) is 5.68. The third-order valence-corrected chi connectivity index (χ3v) is 4.37. The molecule has 2 aliphatic rings. The molecule has 0 unspecified atom stereocenters. The topological polar surface area (TPSA) is 168 Å². The van der Waals surface area contributed by atoms with Crippen LogP contribution in [-0.2, 0) is 14.7 Å². The van der Waals surface area contributed by atoms with E-state index < -0.39 is 34.4 Å². The lowest BCUT2D eigenvalue weighted by molar-refractivity contribution is -0.0317. The van der Waals surface area contributed by atoms with Crippen molar-refractivity contribution in [1.82, 2.24) is 20.4 Å². The molecule has 12 nitrogen and oxygen atoms in total. The summed E-state index contributed by atoms with van der Waals surface area (Å²) >= 11 is 0. The number of nitrogens with zero attached hydrogens (tertiary/aromatic N) is 3. The Morgan fingerprint density at radius 2 is 2.28 bits per heavy atom. The smallest absolute Gasteiger partial charge is 0.351 e. The van der Waals surface area contributed by atoms with E-state index in [0.717, 1.165) is 0 Å². The van der Waals surface area contributed by atoms with Crippen molar-refractivity contribution in [1.29, 1.82) is 0 Å². The fourth-order valence-electron chi connectivity index (χ4n) is 2.96. The minimum atomic E-state index is -4.80. The number of hydroxylamine groups is 2. The minimum absolute atomic E-state index is 0.0109. The number of carbonyl (C=O) groups excluding carboxylic acids is 2. The van der Waals surface area contributed by atoms with Crippen molar-refractivity contribution in [3.63, 3.8) is 0 Å². The minimum Gasteiger partial charge on any atom is -0.351 e. The second-order valence-corrected chi connectivity index (χ2v) is 6.68. The van der Waals surface area contributed by atoms with Gasteiger partial charge in [-0.1, -0.05) is 5.16 Å². The van der Waals surface area contributed by atoms with E-state index >= 15 is 0 Å². The van der Waals surface area contributed by atoms with Gasteiger partial charge in [-0.2, -0.15) is 13.5 Å². The van der Waals surface area contributed by atoms with Crippen LogP contribution in [-0.4, -0.2) is 65.7 Å². The highest BCUT2D eigenvalue weighted by atomic mass is 32.3. The summed E-state index contributed by atoms with van der Waals surface area (Å²) in [4.78, 5) is 25.5. The van der Waals surface area contributed by atoms with E-state index in [4.69, 9.17) is 14.8 Å². The first kappa shape index (κ1) is 17.6. The van der Waals surface area contributed by atoms with Crippen molar-refractivity contribution in [2.24, 2.45) is 5.73 Å². The number of aromatic nitrogens is 1. The molecule has 0 radical (unpaired) electrons. The first-order chi connectivity index (χ1) is 11.8. The number of fused-ring (bicyclic) bond motifs is 2. The Kier molecular flexibility index (Phi) is 4.64. The van der Waals surface area contributed by atoms with E-state index in [1.54, 1.807) is 0 Å². The number of hydrogen-bond acceptors (Lipinski definition) is 8. The number of rotatable bonds is 6. The molecule has 3 rings (SSSR count). The molecule has 2 bridgehead atoms. The zero-order chi connectivity index (χ0) is 18.2. The van der Waals surface area contributed by atoms with Crippen molar-refractivity contribution >= 4 is 22.3 Å². The predicted molar refractivity (Wildman–Crippen MR) is 80.2 cm³/mol. The number of nitrogens with one attached hydrogen (secondary N) is 1. The van der Waals surface area contributed by atoms with Gasteiger partial charge in [0.05, 0.1) is 12.1 Å². The molecule has 1 aromatic heterocycles. The van der Waals surface area contributed by atoms with E-state index in [9.17, 15) is 18.0 Å². The molecular formula is C12H17N5O7S. The molecule has 0 aliphatic carbocycles. The largest absolute Gasteiger partial charge is 0.418 e. The van der Waals surface area contributed by atoms with Crippen LogP contribution in [0.1, 0.15) is 35.1 Å². The molecule has 3 heterocycles. The van der Waals surface area contributed by atoms with Gasteiger partial charge in [0.15, 0.2) is 0 Å². The van der Waals surface area contributed by atoms with Crippen LogP contribution in [0.25, 0.3) is 0 Å². The van der Waals surface area contributed by atoms with Crippen molar-refractivity contribution in [2.75, 3.05) is 19.6 Å². The molecule has 13 heteroatoms. The maximum atomic E-state index is 12.3. The molecule has 2 fully saturated rings. The normalized spacial score (nSPS) is 23.2. The van der Waals surface area contributed by atoms with Gasteiger partial charge in [-0.3, -0.25) is 9.35 Å². The van der Waals surface area contributed by atoms with Crippen LogP contribution in [0.3, 0.4) is 0 Å². The van der Waals surface area contributed by atoms with E-state index in [1.165, 1.54) is 11.0 Å².